The minimum Gasteiger partial charge on any atom is -0.382 e. The third-order valence-electron chi connectivity index (χ3n) is 3.68. The van der Waals surface area contributed by atoms with Gasteiger partial charge in [-0.2, -0.15) is 0 Å². The van der Waals surface area contributed by atoms with Gasteiger partial charge in [-0.1, -0.05) is 6.07 Å². The van der Waals surface area contributed by atoms with Crippen LogP contribution in [0.5, 0.6) is 0 Å². The Morgan fingerprint density at radius 3 is 2.65 bits per heavy atom. The number of amides is 2. The molecular weight excluding hydrogens is 298 g/mol. The van der Waals surface area contributed by atoms with Crippen molar-refractivity contribution in [2.75, 3.05) is 53.1 Å². The molecule has 0 atom stereocenters. The van der Waals surface area contributed by atoms with Crippen molar-refractivity contribution in [2.45, 2.75) is 6.42 Å². The molecule has 2 heterocycles. The average Bonchev–Trinajstić information content (AvgIpc) is 2.85. The fraction of sp³-hybridized carbons (Fsp3) is 0.562. The number of pyridine rings is 1. The Hall–Kier alpha value is -1.99. The van der Waals surface area contributed by atoms with Crippen molar-refractivity contribution in [3.05, 3.63) is 30.1 Å². The molecule has 0 spiro atoms. The fourth-order valence-electron chi connectivity index (χ4n) is 2.41. The molecule has 0 N–H and O–H groups in total. The first-order valence-corrected chi connectivity index (χ1v) is 7.77. The lowest BCUT2D eigenvalue weighted by Gasteiger charge is -2.22. The largest absolute Gasteiger partial charge is 0.382 e. The third-order valence-corrected chi connectivity index (χ3v) is 3.68. The van der Waals surface area contributed by atoms with Crippen molar-refractivity contribution in [1.82, 2.24) is 14.8 Å². The molecule has 1 aromatic heterocycles. The van der Waals surface area contributed by atoms with E-state index in [1.807, 2.05) is 0 Å². The van der Waals surface area contributed by atoms with Crippen LogP contribution in [0.1, 0.15) is 16.9 Å². The Labute approximate surface area is 136 Å². The van der Waals surface area contributed by atoms with Gasteiger partial charge >= 0.3 is 0 Å². The van der Waals surface area contributed by atoms with Crippen LogP contribution in [-0.4, -0.2) is 79.7 Å². The Bertz CT molecular complexity index is 509. The quantitative estimate of drug-likeness (QED) is 0.710. The highest BCUT2D eigenvalue weighted by Crippen LogP contribution is 2.08. The van der Waals surface area contributed by atoms with E-state index in [1.165, 1.54) is 0 Å². The first-order chi connectivity index (χ1) is 11.2. The van der Waals surface area contributed by atoms with E-state index in [0.717, 1.165) is 6.42 Å². The molecule has 2 rings (SSSR count). The molecule has 0 radical (unpaired) electrons. The topological polar surface area (TPSA) is 72.0 Å². The van der Waals surface area contributed by atoms with E-state index < -0.39 is 0 Å². The molecule has 1 fully saturated rings. The number of methoxy groups -OCH3 is 1. The summed E-state index contributed by atoms with van der Waals surface area (Å²) >= 11 is 0. The highest BCUT2D eigenvalue weighted by atomic mass is 16.5. The minimum atomic E-state index is -0.0868. The van der Waals surface area contributed by atoms with Crippen molar-refractivity contribution in [2.24, 2.45) is 0 Å². The van der Waals surface area contributed by atoms with Gasteiger partial charge in [0.1, 0.15) is 12.3 Å². The lowest BCUT2D eigenvalue weighted by atomic mass is 10.3. The Kier molecular flexibility index (Phi) is 6.96. The van der Waals surface area contributed by atoms with Crippen molar-refractivity contribution in [3.63, 3.8) is 0 Å². The van der Waals surface area contributed by atoms with E-state index in [2.05, 4.69) is 4.98 Å². The average molecular weight is 321 g/mol. The van der Waals surface area contributed by atoms with E-state index in [-0.39, 0.29) is 18.4 Å². The number of carbonyl (C=O) groups is 2. The molecule has 2 amide bonds. The summed E-state index contributed by atoms with van der Waals surface area (Å²) in [5.74, 6) is -0.135. The second-order valence-corrected chi connectivity index (χ2v) is 5.29. The van der Waals surface area contributed by atoms with Crippen LogP contribution < -0.4 is 0 Å². The zero-order valence-electron chi connectivity index (χ0n) is 13.4. The van der Waals surface area contributed by atoms with Crippen LogP contribution in [0.4, 0.5) is 0 Å². The van der Waals surface area contributed by atoms with Gasteiger partial charge < -0.3 is 19.3 Å². The lowest BCUT2D eigenvalue weighted by molar-refractivity contribution is -0.136. The van der Waals surface area contributed by atoms with Crippen LogP contribution in [0.3, 0.4) is 0 Å². The highest BCUT2D eigenvalue weighted by molar-refractivity contribution is 5.92. The Morgan fingerprint density at radius 1 is 1.13 bits per heavy atom. The molecule has 0 unspecified atom stereocenters. The molecule has 7 nitrogen and oxygen atoms in total. The number of hydrogen-bond donors (Lipinski definition) is 0. The van der Waals surface area contributed by atoms with Crippen LogP contribution in [0, 0.1) is 0 Å². The Balaban J connectivity index is 1.82. The molecule has 1 aliphatic rings. The number of rotatable bonds is 6. The summed E-state index contributed by atoms with van der Waals surface area (Å²) < 4.78 is 10.1. The molecule has 7 heteroatoms. The van der Waals surface area contributed by atoms with Crippen LogP contribution in [0.2, 0.25) is 0 Å². The summed E-state index contributed by atoms with van der Waals surface area (Å²) in [6.07, 6.45) is 2.36. The predicted octanol–water partition coefficient (Wildman–Crippen LogP) is 0.419. The molecule has 23 heavy (non-hydrogen) atoms. The molecule has 0 bridgehead atoms. The van der Waals surface area contributed by atoms with Crippen molar-refractivity contribution >= 4 is 11.8 Å². The normalized spacial score (nSPS) is 15.3. The summed E-state index contributed by atoms with van der Waals surface area (Å²) in [7, 11) is 1.59. The van der Waals surface area contributed by atoms with E-state index in [4.69, 9.17) is 9.47 Å². The van der Waals surface area contributed by atoms with Gasteiger partial charge in [-0.25, -0.2) is 0 Å². The van der Waals surface area contributed by atoms with E-state index in [0.29, 0.717) is 45.1 Å². The molecule has 1 saturated heterocycles. The number of ether oxygens (including phenoxy) is 2. The molecule has 0 aromatic carbocycles. The molecule has 1 aliphatic heterocycles. The number of nitrogens with zero attached hydrogens (tertiary/aromatic N) is 3. The first kappa shape index (κ1) is 17.4. The van der Waals surface area contributed by atoms with Gasteiger partial charge in [0.15, 0.2) is 0 Å². The maximum absolute atomic E-state index is 12.4. The maximum atomic E-state index is 12.4. The van der Waals surface area contributed by atoms with Gasteiger partial charge in [0.05, 0.1) is 13.2 Å². The van der Waals surface area contributed by atoms with Crippen LogP contribution in [0.15, 0.2) is 24.4 Å². The second-order valence-electron chi connectivity index (χ2n) is 5.29. The van der Waals surface area contributed by atoms with Crippen molar-refractivity contribution in [1.29, 1.82) is 0 Å². The van der Waals surface area contributed by atoms with Gasteiger partial charge in [0.25, 0.3) is 5.91 Å². The highest BCUT2D eigenvalue weighted by Gasteiger charge is 2.23. The van der Waals surface area contributed by atoms with Crippen LogP contribution in [-0.2, 0) is 14.3 Å². The van der Waals surface area contributed by atoms with Gasteiger partial charge in [0.2, 0.25) is 5.91 Å². The van der Waals surface area contributed by atoms with Gasteiger partial charge in [0, 0.05) is 39.5 Å². The zero-order valence-corrected chi connectivity index (χ0v) is 13.4. The minimum absolute atomic E-state index is 0.0479. The lowest BCUT2D eigenvalue weighted by Crippen LogP contribution is -2.39. The van der Waals surface area contributed by atoms with E-state index in [9.17, 15) is 9.59 Å². The molecule has 0 saturated carbocycles. The first-order valence-electron chi connectivity index (χ1n) is 7.77. The second kappa shape index (κ2) is 9.22. The molecule has 126 valence electrons. The summed E-state index contributed by atoms with van der Waals surface area (Å²) in [5.41, 5.74) is 0.440. The molecular formula is C16H23N3O4. The molecule has 1 aromatic rings. The monoisotopic (exact) mass is 321 g/mol. The summed E-state index contributed by atoms with van der Waals surface area (Å²) in [6, 6.07) is 5.29. The summed E-state index contributed by atoms with van der Waals surface area (Å²) in [5, 5.41) is 0. The van der Waals surface area contributed by atoms with E-state index in [1.54, 1.807) is 41.3 Å². The van der Waals surface area contributed by atoms with Gasteiger partial charge in [-0.3, -0.25) is 14.6 Å². The summed E-state index contributed by atoms with van der Waals surface area (Å²) in [4.78, 5) is 32.1. The standard InChI is InChI=1S/C16H23N3O4/c1-22-11-12-23-13-15(20)18-7-4-8-19(10-9-18)16(21)14-5-2-3-6-17-14/h2-3,5-6H,4,7-13H2,1H3. The van der Waals surface area contributed by atoms with E-state index >= 15 is 0 Å². The zero-order chi connectivity index (χ0) is 16.5. The van der Waals surface area contributed by atoms with Crippen molar-refractivity contribution < 1.29 is 19.1 Å². The summed E-state index contributed by atoms with van der Waals surface area (Å²) in [6.45, 7) is 3.23. The van der Waals surface area contributed by atoms with Crippen LogP contribution >= 0.6 is 0 Å². The third kappa shape index (κ3) is 5.30. The maximum Gasteiger partial charge on any atom is 0.272 e. The SMILES string of the molecule is COCCOCC(=O)N1CCCN(C(=O)c2ccccn2)CC1. The number of aromatic nitrogens is 1. The predicted molar refractivity (Wildman–Crippen MR) is 84.0 cm³/mol. The smallest absolute Gasteiger partial charge is 0.272 e. The fourth-order valence-corrected chi connectivity index (χ4v) is 2.41. The Morgan fingerprint density at radius 2 is 1.91 bits per heavy atom. The molecule has 0 aliphatic carbocycles. The van der Waals surface area contributed by atoms with Gasteiger partial charge in [-0.15, -0.1) is 0 Å². The van der Waals surface area contributed by atoms with Gasteiger partial charge in [-0.05, 0) is 18.6 Å². The number of hydrogen-bond acceptors (Lipinski definition) is 5. The van der Waals surface area contributed by atoms with Crippen LogP contribution in [0.25, 0.3) is 0 Å². The van der Waals surface area contributed by atoms with Crippen molar-refractivity contribution in [3.8, 4) is 0 Å². The number of carbonyl (C=O) groups excluding carboxylic acids is 2.